The second kappa shape index (κ2) is 20.1. The molecule has 0 saturated carbocycles. The maximum absolute atomic E-state index is 11.5. The molecule has 11 heteroatoms. The van der Waals surface area contributed by atoms with Gasteiger partial charge < -0.3 is 36.8 Å². The number of ether oxygens (including phenoxy) is 1. The minimum absolute atomic E-state index is 0.126. The van der Waals surface area contributed by atoms with Gasteiger partial charge in [0.15, 0.2) is 0 Å². The van der Waals surface area contributed by atoms with E-state index in [1.807, 2.05) is 65.0 Å². The molecular weight excluding hydrogens is 470 g/mol. The fraction of sp³-hybridized carbons (Fsp3) is 0.600. The van der Waals surface area contributed by atoms with Gasteiger partial charge in [0, 0.05) is 0 Å². The van der Waals surface area contributed by atoms with E-state index in [4.69, 9.17) is 31.5 Å². The highest BCUT2D eigenvalue weighted by Crippen LogP contribution is 2.06. The van der Waals surface area contributed by atoms with E-state index in [-0.39, 0.29) is 12.5 Å². The minimum Gasteiger partial charge on any atom is -0.480 e. The Morgan fingerprint density at radius 2 is 1.33 bits per heavy atom. The summed E-state index contributed by atoms with van der Waals surface area (Å²) >= 11 is 0. The molecule has 0 saturated heterocycles. The van der Waals surface area contributed by atoms with Gasteiger partial charge in [-0.15, -0.1) is 0 Å². The summed E-state index contributed by atoms with van der Waals surface area (Å²) in [6.45, 7) is 9.72. The van der Waals surface area contributed by atoms with Crippen molar-refractivity contribution in [2.45, 2.75) is 85.0 Å². The summed E-state index contributed by atoms with van der Waals surface area (Å²) in [6.07, 6.45) is 1.60. The van der Waals surface area contributed by atoms with Crippen LogP contribution in [0.25, 0.3) is 0 Å². The number of carbonyl (C=O) groups excluding carboxylic acids is 1. The lowest BCUT2D eigenvalue weighted by atomic mass is 10.0. The standard InChI is InChI=1S/C14H19NO4.C6H13NO2.C5H11NO2/c1-10(2)8-12(13(16)17)15-14(18)19-9-11-6-4-3-5-7-11;1-4(2)3-5(7)6(8)9;1-2-3-4(6)5(7)8/h3-7,10,12H,8-9H2,1-2H3,(H,15,18)(H,16,17);4-5H,3,7H2,1-2H3,(H,8,9);4H,2-3,6H2,1H3,(H,7,8)/t12-;5-;4-/m000/s1. The van der Waals surface area contributed by atoms with Crippen LogP contribution in [0.3, 0.4) is 0 Å². The van der Waals surface area contributed by atoms with Crippen molar-refractivity contribution in [1.29, 1.82) is 0 Å². The third kappa shape index (κ3) is 20.2. The van der Waals surface area contributed by atoms with Crippen molar-refractivity contribution >= 4 is 24.0 Å². The van der Waals surface area contributed by atoms with Crippen LogP contribution in [0.4, 0.5) is 4.79 Å². The van der Waals surface area contributed by atoms with Crippen LogP contribution in [0.1, 0.15) is 65.9 Å². The van der Waals surface area contributed by atoms with Crippen LogP contribution in [0.15, 0.2) is 30.3 Å². The predicted octanol–water partition coefficient (Wildman–Crippen LogP) is 3.05. The molecule has 0 spiro atoms. The van der Waals surface area contributed by atoms with Gasteiger partial charge in [-0.2, -0.15) is 0 Å². The Labute approximate surface area is 213 Å². The quantitative estimate of drug-likeness (QED) is 0.241. The minimum atomic E-state index is -1.05. The number of carboxylic acids is 3. The number of rotatable bonds is 12. The number of alkyl carbamates (subject to hydrolysis) is 1. The number of aliphatic carboxylic acids is 3. The van der Waals surface area contributed by atoms with E-state index < -0.39 is 42.1 Å². The zero-order valence-corrected chi connectivity index (χ0v) is 21.8. The van der Waals surface area contributed by atoms with E-state index in [0.29, 0.717) is 25.2 Å². The molecule has 36 heavy (non-hydrogen) atoms. The van der Waals surface area contributed by atoms with Crippen LogP contribution in [0, 0.1) is 11.8 Å². The molecule has 1 amide bonds. The van der Waals surface area contributed by atoms with Crippen LogP contribution < -0.4 is 16.8 Å². The first-order valence-corrected chi connectivity index (χ1v) is 11.9. The highest BCUT2D eigenvalue weighted by atomic mass is 16.5. The van der Waals surface area contributed by atoms with Crippen molar-refractivity contribution in [3.05, 3.63) is 35.9 Å². The third-order valence-corrected chi connectivity index (χ3v) is 4.47. The lowest BCUT2D eigenvalue weighted by molar-refractivity contribution is -0.140. The number of nitrogens with one attached hydrogen (secondary N) is 1. The van der Waals surface area contributed by atoms with Crippen LogP contribution in [-0.4, -0.2) is 57.4 Å². The molecule has 1 rings (SSSR count). The molecule has 206 valence electrons. The van der Waals surface area contributed by atoms with Gasteiger partial charge in [-0.1, -0.05) is 71.4 Å². The fourth-order valence-electron chi connectivity index (χ4n) is 2.64. The summed E-state index contributed by atoms with van der Waals surface area (Å²) in [7, 11) is 0. The summed E-state index contributed by atoms with van der Waals surface area (Å²) < 4.78 is 4.98. The Balaban J connectivity index is 0. The maximum Gasteiger partial charge on any atom is 0.408 e. The Morgan fingerprint density at radius 1 is 0.833 bits per heavy atom. The van der Waals surface area contributed by atoms with Gasteiger partial charge in [0.2, 0.25) is 0 Å². The first kappa shape index (κ1) is 35.0. The molecule has 0 aliphatic heterocycles. The van der Waals surface area contributed by atoms with Gasteiger partial charge in [-0.05, 0) is 36.7 Å². The number of amides is 1. The third-order valence-electron chi connectivity index (χ3n) is 4.47. The number of nitrogens with two attached hydrogens (primary N) is 2. The summed E-state index contributed by atoms with van der Waals surface area (Å²) in [6, 6.07) is 6.94. The molecule has 0 aliphatic carbocycles. The summed E-state index contributed by atoms with van der Waals surface area (Å²) in [5.41, 5.74) is 11.2. The molecule has 1 aromatic carbocycles. The van der Waals surface area contributed by atoms with Crippen molar-refractivity contribution in [2.75, 3.05) is 0 Å². The zero-order chi connectivity index (χ0) is 28.3. The smallest absolute Gasteiger partial charge is 0.408 e. The van der Waals surface area contributed by atoms with Crippen molar-refractivity contribution < 1.29 is 39.2 Å². The van der Waals surface area contributed by atoms with Gasteiger partial charge in [-0.25, -0.2) is 9.59 Å². The molecule has 8 N–H and O–H groups in total. The Hall–Kier alpha value is -3.18. The largest absolute Gasteiger partial charge is 0.480 e. The van der Waals surface area contributed by atoms with Gasteiger partial charge in [0.1, 0.15) is 24.7 Å². The average Bonchev–Trinajstić information content (AvgIpc) is 2.78. The summed E-state index contributed by atoms with van der Waals surface area (Å²) in [5, 5.41) is 27.8. The predicted molar refractivity (Wildman–Crippen MR) is 136 cm³/mol. The topological polar surface area (TPSA) is 202 Å². The van der Waals surface area contributed by atoms with Gasteiger partial charge in [-0.3, -0.25) is 9.59 Å². The van der Waals surface area contributed by atoms with Gasteiger partial charge >= 0.3 is 24.0 Å². The maximum atomic E-state index is 11.5. The zero-order valence-electron chi connectivity index (χ0n) is 21.8. The van der Waals surface area contributed by atoms with Crippen LogP contribution in [0.2, 0.25) is 0 Å². The molecule has 0 bridgehead atoms. The lowest BCUT2D eigenvalue weighted by Crippen LogP contribution is -2.41. The first-order valence-electron chi connectivity index (χ1n) is 11.9. The van der Waals surface area contributed by atoms with Crippen molar-refractivity contribution in [3.63, 3.8) is 0 Å². The monoisotopic (exact) mass is 513 g/mol. The molecule has 0 aliphatic rings. The number of hydrogen-bond donors (Lipinski definition) is 6. The molecule has 3 atom stereocenters. The van der Waals surface area contributed by atoms with Crippen LogP contribution in [0.5, 0.6) is 0 Å². The second-order valence-corrected chi connectivity index (χ2v) is 9.03. The van der Waals surface area contributed by atoms with E-state index in [0.717, 1.165) is 12.0 Å². The van der Waals surface area contributed by atoms with E-state index in [1.165, 1.54) is 0 Å². The highest BCUT2D eigenvalue weighted by molar-refractivity contribution is 5.79. The van der Waals surface area contributed by atoms with Crippen molar-refractivity contribution in [3.8, 4) is 0 Å². The van der Waals surface area contributed by atoms with E-state index in [9.17, 15) is 19.2 Å². The van der Waals surface area contributed by atoms with E-state index in [2.05, 4.69) is 5.32 Å². The molecule has 0 fully saturated rings. The molecule has 0 aromatic heterocycles. The normalized spacial score (nSPS) is 12.7. The Kier molecular flexibility index (Phi) is 19.5. The van der Waals surface area contributed by atoms with Gasteiger partial charge in [0.25, 0.3) is 0 Å². The van der Waals surface area contributed by atoms with Crippen molar-refractivity contribution in [1.82, 2.24) is 5.32 Å². The summed E-state index contributed by atoms with van der Waals surface area (Å²) in [4.78, 5) is 42.6. The number of benzene rings is 1. The molecule has 0 unspecified atom stereocenters. The Morgan fingerprint density at radius 3 is 1.67 bits per heavy atom. The second-order valence-electron chi connectivity index (χ2n) is 9.03. The Bertz CT molecular complexity index is 772. The molecule has 1 aromatic rings. The average molecular weight is 514 g/mol. The molecule has 0 heterocycles. The van der Waals surface area contributed by atoms with Crippen molar-refractivity contribution in [2.24, 2.45) is 23.3 Å². The number of hydrogen-bond acceptors (Lipinski definition) is 7. The van der Waals surface area contributed by atoms with Crippen LogP contribution >= 0.6 is 0 Å². The molecule has 0 radical (unpaired) electrons. The van der Waals surface area contributed by atoms with E-state index >= 15 is 0 Å². The van der Waals surface area contributed by atoms with Gasteiger partial charge in [0.05, 0.1) is 0 Å². The molecule has 11 nitrogen and oxygen atoms in total. The SMILES string of the molecule is CC(C)C[C@H](N)C(=O)O.CC(C)C[C@H](NC(=O)OCc1ccccc1)C(=O)O.CCC[C@H](N)C(=O)O. The summed E-state index contributed by atoms with van der Waals surface area (Å²) in [5.74, 6) is -2.34. The lowest BCUT2D eigenvalue weighted by Gasteiger charge is -2.16. The highest BCUT2D eigenvalue weighted by Gasteiger charge is 2.21. The molecular formula is C25H43N3O8. The van der Waals surface area contributed by atoms with E-state index in [1.54, 1.807) is 0 Å². The number of carbonyl (C=O) groups is 4. The van der Waals surface area contributed by atoms with Crippen LogP contribution in [-0.2, 0) is 25.7 Å². The first-order chi connectivity index (χ1) is 16.7. The number of carboxylic acid groups (broad SMARTS) is 3. The fourth-order valence-corrected chi connectivity index (χ4v) is 2.64.